The van der Waals surface area contributed by atoms with Crippen LogP contribution in [0.4, 0.5) is 5.69 Å². The van der Waals surface area contributed by atoms with Crippen molar-refractivity contribution in [3.63, 3.8) is 0 Å². The Morgan fingerprint density at radius 2 is 2.00 bits per heavy atom. The molecule has 0 amide bonds. The SMILES string of the molecule is CNS(=O)(=O)c1ccc(NC(C)Cn2ccnc2)cc1. The van der Waals surface area contributed by atoms with Gasteiger partial charge in [-0.2, -0.15) is 0 Å². The number of hydrogen-bond acceptors (Lipinski definition) is 4. The topological polar surface area (TPSA) is 76.0 Å². The van der Waals surface area contributed by atoms with E-state index in [1.165, 1.54) is 7.05 Å². The molecule has 1 atom stereocenters. The first-order valence-electron chi connectivity index (χ1n) is 6.27. The maximum Gasteiger partial charge on any atom is 0.240 e. The smallest absolute Gasteiger partial charge is 0.240 e. The molecule has 0 fully saturated rings. The third-order valence-electron chi connectivity index (χ3n) is 2.89. The molecule has 0 aliphatic rings. The lowest BCUT2D eigenvalue weighted by Crippen LogP contribution is -2.21. The molecule has 0 aliphatic carbocycles. The summed E-state index contributed by atoms with van der Waals surface area (Å²) in [5.41, 5.74) is 0.882. The molecule has 1 heterocycles. The van der Waals surface area contributed by atoms with E-state index in [0.717, 1.165) is 12.2 Å². The van der Waals surface area contributed by atoms with Gasteiger partial charge < -0.3 is 9.88 Å². The Kier molecular flexibility index (Phi) is 4.41. The van der Waals surface area contributed by atoms with Gasteiger partial charge in [0.25, 0.3) is 0 Å². The lowest BCUT2D eigenvalue weighted by atomic mass is 10.2. The minimum atomic E-state index is -3.37. The van der Waals surface area contributed by atoms with E-state index >= 15 is 0 Å². The van der Waals surface area contributed by atoms with Crippen molar-refractivity contribution < 1.29 is 8.42 Å². The van der Waals surface area contributed by atoms with Crippen LogP contribution in [0.1, 0.15) is 6.92 Å². The minimum absolute atomic E-state index is 0.205. The van der Waals surface area contributed by atoms with Crippen molar-refractivity contribution in [3.8, 4) is 0 Å². The second-order valence-corrected chi connectivity index (χ2v) is 6.42. The molecule has 1 unspecified atom stereocenters. The molecule has 1 aromatic carbocycles. The lowest BCUT2D eigenvalue weighted by Gasteiger charge is -2.16. The van der Waals surface area contributed by atoms with E-state index in [9.17, 15) is 8.42 Å². The van der Waals surface area contributed by atoms with Crippen LogP contribution in [0.3, 0.4) is 0 Å². The number of anilines is 1. The third kappa shape index (κ3) is 3.58. The van der Waals surface area contributed by atoms with Gasteiger partial charge in [0.15, 0.2) is 0 Å². The first-order chi connectivity index (χ1) is 9.51. The molecule has 0 saturated carbocycles. The summed E-state index contributed by atoms with van der Waals surface area (Å²) in [4.78, 5) is 4.25. The number of nitrogens with one attached hydrogen (secondary N) is 2. The van der Waals surface area contributed by atoms with Crippen LogP contribution >= 0.6 is 0 Å². The molecule has 7 heteroatoms. The van der Waals surface area contributed by atoms with Crippen molar-refractivity contribution in [3.05, 3.63) is 43.0 Å². The zero-order chi connectivity index (χ0) is 14.6. The summed E-state index contributed by atoms with van der Waals surface area (Å²) >= 11 is 0. The Balaban J connectivity index is 2.00. The van der Waals surface area contributed by atoms with Gasteiger partial charge in [0.05, 0.1) is 11.2 Å². The number of nitrogens with zero attached hydrogens (tertiary/aromatic N) is 2. The van der Waals surface area contributed by atoms with Crippen LogP contribution in [0, 0.1) is 0 Å². The van der Waals surface area contributed by atoms with E-state index in [1.807, 2.05) is 10.8 Å². The van der Waals surface area contributed by atoms with E-state index in [0.29, 0.717) is 0 Å². The molecule has 0 spiro atoms. The summed E-state index contributed by atoms with van der Waals surface area (Å²) in [5, 5.41) is 3.31. The molecule has 2 aromatic rings. The fourth-order valence-corrected chi connectivity index (χ4v) is 2.62. The zero-order valence-corrected chi connectivity index (χ0v) is 12.3. The van der Waals surface area contributed by atoms with Crippen molar-refractivity contribution in [1.82, 2.24) is 14.3 Å². The first-order valence-corrected chi connectivity index (χ1v) is 7.75. The van der Waals surface area contributed by atoms with Crippen LogP contribution in [0.25, 0.3) is 0 Å². The van der Waals surface area contributed by atoms with Gasteiger partial charge in [-0.1, -0.05) is 0 Å². The highest BCUT2D eigenvalue weighted by molar-refractivity contribution is 7.89. The van der Waals surface area contributed by atoms with E-state index in [-0.39, 0.29) is 10.9 Å². The monoisotopic (exact) mass is 294 g/mol. The van der Waals surface area contributed by atoms with Gasteiger partial charge in [-0.3, -0.25) is 0 Å². The van der Waals surface area contributed by atoms with E-state index in [1.54, 1.807) is 36.8 Å². The number of hydrogen-bond donors (Lipinski definition) is 2. The van der Waals surface area contributed by atoms with Gasteiger partial charge in [-0.15, -0.1) is 0 Å². The molecule has 1 aromatic heterocycles. The molecule has 6 nitrogen and oxygen atoms in total. The van der Waals surface area contributed by atoms with Gasteiger partial charge in [0.2, 0.25) is 10.0 Å². The van der Waals surface area contributed by atoms with Crippen LogP contribution in [-0.2, 0) is 16.6 Å². The summed E-state index contributed by atoms with van der Waals surface area (Å²) in [5.74, 6) is 0. The number of imidazole rings is 1. The second-order valence-electron chi connectivity index (χ2n) is 4.54. The van der Waals surface area contributed by atoms with Gasteiger partial charge in [-0.25, -0.2) is 18.1 Å². The number of aromatic nitrogens is 2. The molecule has 20 heavy (non-hydrogen) atoms. The highest BCUT2D eigenvalue weighted by atomic mass is 32.2. The quantitative estimate of drug-likeness (QED) is 0.842. The fraction of sp³-hybridized carbons (Fsp3) is 0.308. The molecular formula is C13H18N4O2S. The summed E-state index contributed by atoms with van der Waals surface area (Å²) in [6, 6.07) is 6.88. The zero-order valence-electron chi connectivity index (χ0n) is 11.4. The Morgan fingerprint density at radius 3 is 2.55 bits per heavy atom. The normalized spacial score (nSPS) is 13.1. The van der Waals surface area contributed by atoms with E-state index in [4.69, 9.17) is 0 Å². The Bertz CT molecular complexity index is 636. The Hall–Kier alpha value is -1.86. The highest BCUT2D eigenvalue weighted by Gasteiger charge is 2.10. The van der Waals surface area contributed by atoms with Crippen LogP contribution in [0.5, 0.6) is 0 Å². The molecule has 108 valence electrons. The van der Waals surface area contributed by atoms with Crippen molar-refractivity contribution in [2.75, 3.05) is 12.4 Å². The summed E-state index contributed by atoms with van der Waals surface area (Å²) in [6.45, 7) is 2.84. The molecule has 0 saturated heterocycles. The van der Waals surface area contributed by atoms with Crippen LogP contribution in [0.15, 0.2) is 47.9 Å². The van der Waals surface area contributed by atoms with E-state index < -0.39 is 10.0 Å². The predicted octanol–water partition coefficient (Wildman–Crippen LogP) is 1.29. The molecular weight excluding hydrogens is 276 g/mol. The third-order valence-corrected chi connectivity index (χ3v) is 4.32. The average molecular weight is 294 g/mol. The molecule has 2 N–H and O–H groups in total. The maximum absolute atomic E-state index is 11.6. The molecule has 0 radical (unpaired) electrons. The minimum Gasteiger partial charge on any atom is -0.381 e. The average Bonchev–Trinajstić information content (AvgIpc) is 2.92. The standard InChI is InChI=1S/C13H18N4O2S/c1-11(9-17-8-7-15-10-17)16-12-3-5-13(6-4-12)20(18,19)14-2/h3-8,10-11,14,16H,9H2,1-2H3. The maximum atomic E-state index is 11.6. The van der Waals surface area contributed by atoms with Gasteiger partial charge in [-0.05, 0) is 38.2 Å². The number of rotatable bonds is 6. The molecule has 2 rings (SSSR count). The van der Waals surface area contributed by atoms with Crippen LogP contribution in [0.2, 0.25) is 0 Å². The largest absolute Gasteiger partial charge is 0.381 e. The Labute approximate surface area is 118 Å². The lowest BCUT2D eigenvalue weighted by molar-refractivity contribution is 0.588. The van der Waals surface area contributed by atoms with Crippen molar-refractivity contribution in [2.24, 2.45) is 0 Å². The summed E-state index contributed by atoms with van der Waals surface area (Å²) in [6.07, 6.45) is 5.41. The van der Waals surface area contributed by atoms with Crippen LogP contribution in [-0.4, -0.2) is 31.1 Å². The van der Waals surface area contributed by atoms with Gasteiger partial charge in [0.1, 0.15) is 0 Å². The highest BCUT2D eigenvalue weighted by Crippen LogP contribution is 2.14. The van der Waals surface area contributed by atoms with Crippen LogP contribution < -0.4 is 10.0 Å². The summed E-state index contributed by atoms with van der Waals surface area (Å²) < 4.78 is 27.5. The second kappa shape index (κ2) is 6.06. The number of sulfonamides is 1. The van der Waals surface area contributed by atoms with Gasteiger partial charge in [0, 0.05) is 30.7 Å². The fourth-order valence-electron chi connectivity index (χ4n) is 1.89. The summed E-state index contributed by atoms with van der Waals surface area (Å²) in [7, 11) is -1.98. The van der Waals surface area contributed by atoms with Crippen molar-refractivity contribution in [1.29, 1.82) is 0 Å². The Morgan fingerprint density at radius 1 is 1.30 bits per heavy atom. The number of benzene rings is 1. The van der Waals surface area contributed by atoms with E-state index in [2.05, 4.69) is 21.9 Å². The molecule has 0 bridgehead atoms. The predicted molar refractivity (Wildman–Crippen MR) is 78.0 cm³/mol. The first kappa shape index (κ1) is 14.5. The van der Waals surface area contributed by atoms with Gasteiger partial charge >= 0.3 is 0 Å². The molecule has 0 aliphatic heterocycles. The van der Waals surface area contributed by atoms with Crippen molar-refractivity contribution >= 4 is 15.7 Å². The van der Waals surface area contributed by atoms with Crippen molar-refractivity contribution in [2.45, 2.75) is 24.4 Å².